The van der Waals surface area contributed by atoms with E-state index in [4.69, 9.17) is 11.6 Å². The van der Waals surface area contributed by atoms with Crippen LogP contribution in [0.2, 0.25) is 5.02 Å². The monoisotopic (exact) mass is 368 g/mol. The number of H-pyrrole nitrogens is 1. The number of thiazole rings is 1. The molecule has 0 saturated heterocycles. The van der Waals surface area contributed by atoms with E-state index in [1.165, 1.54) is 16.0 Å². The molecule has 0 amide bonds. The molecule has 1 N–H and O–H groups in total. The van der Waals surface area contributed by atoms with Crippen molar-refractivity contribution in [3.05, 3.63) is 75.2 Å². The molecule has 4 aromatic rings. The van der Waals surface area contributed by atoms with Gasteiger partial charge in [-0.2, -0.15) is 0 Å². The SMILES string of the molecule is Cc1[nH]n(-c2ccccc2)c(=O)c1/C=N/c1nc2ccc(Cl)cc2s1. The highest BCUT2D eigenvalue weighted by Gasteiger charge is 2.11. The highest BCUT2D eigenvalue weighted by atomic mass is 35.5. The number of nitrogens with one attached hydrogen (secondary N) is 1. The van der Waals surface area contributed by atoms with Crippen molar-refractivity contribution in [3.8, 4) is 5.69 Å². The number of aromatic amines is 1. The van der Waals surface area contributed by atoms with Crippen LogP contribution >= 0.6 is 22.9 Å². The number of hydrogen-bond acceptors (Lipinski definition) is 4. The van der Waals surface area contributed by atoms with Gasteiger partial charge in [-0.15, -0.1) is 0 Å². The van der Waals surface area contributed by atoms with Gasteiger partial charge in [-0.25, -0.2) is 14.7 Å². The minimum absolute atomic E-state index is 0.142. The summed E-state index contributed by atoms with van der Waals surface area (Å²) in [7, 11) is 0. The van der Waals surface area contributed by atoms with Crippen molar-refractivity contribution in [2.45, 2.75) is 6.92 Å². The highest BCUT2D eigenvalue weighted by Crippen LogP contribution is 2.29. The summed E-state index contributed by atoms with van der Waals surface area (Å²) in [6.07, 6.45) is 1.56. The van der Waals surface area contributed by atoms with E-state index in [0.717, 1.165) is 21.6 Å². The van der Waals surface area contributed by atoms with Gasteiger partial charge in [-0.05, 0) is 37.3 Å². The van der Waals surface area contributed by atoms with Crippen molar-refractivity contribution >= 4 is 44.5 Å². The molecule has 0 spiro atoms. The molecule has 5 nitrogen and oxygen atoms in total. The molecule has 0 unspecified atom stereocenters. The second-order valence-electron chi connectivity index (χ2n) is 5.49. The predicted molar refractivity (Wildman–Crippen MR) is 103 cm³/mol. The number of benzene rings is 2. The van der Waals surface area contributed by atoms with Crippen LogP contribution in [0.5, 0.6) is 0 Å². The lowest BCUT2D eigenvalue weighted by Gasteiger charge is -1.99. The number of aliphatic imine (C=N–C) groups is 1. The summed E-state index contributed by atoms with van der Waals surface area (Å²) in [6, 6.07) is 14.9. The summed E-state index contributed by atoms with van der Waals surface area (Å²) < 4.78 is 2.47. The molecule has 0 bridgehead atoms. The van der Waals surface area contributed by atoms with Crippen LogP contribution in [0.25, 0.3) is 15.9 Å². The highest BCUT2D eigenvalue weighted by molar-refractivity contribution is 7.22. The van der Waals surface area contributed by atoms with Gasteiger partial charge in [0.05, 0.1) is 21.5 Å². The van der Waals surface area contributed by atoms with E-state index in [2.05, 4.69) is 15.1 Å². The smallest absolute Gasteiger partial charge is 0.280 e. The number of aromatic nitrogens is 3. The average Bonchev–Trinajstić information content (AvgIpc) is 3.14. The summed E-state index contributed by atoms with van der Waals surface area (Å²) in [6.45, 7) is 1.85. The fourth-order valence-electron chi connectivity index (χ4n) is 2.53. The quantitative estimate of drug-likeness (QED) is 0.541. The third kappa shape index (κ3) is 3.01. The fraction of sp³-hybridized carbons (Fsp3) is 0.0556. The Morgan fingerprint density at radius 1 is 1.24 bits per heavy atom. The predicted octanol–water partition coefficient (Wildman–Crippen LogP) is 4.49. The molecule has 0 fully saturated rings. The molecule has 0 radical (unpaired) electrons. The van der Waals surface area contributed by atoms with E-state index < -0.39 is 0 Å². The van der Waals surface area contributed by atoms with Crippen molar-refractivity contribution in [1.29, 1.82) is 0 Å². The van der Waals surface area contributed by atoms with Gasteiger partial charge in [0.25, 0.3) is 5.56 Å². The largest absolute Gasteiger partial charge is 0.295 e. The van der Waals surface area contributed by atoms with Crippen LogP contribution < -0.4 is 5.56 Å². The van der Waals surface area contributed by atoms with Gasteiger partial charge in [0, 0.05) is 16.9 Å². The lowest BCUT2D eigenvalue weighted by molar-refractivity contribution is 0.835. The summed E-state index contributed by atoms with van der Waals surface area (Å²) >= 11 is 7.43. The molecule has 25 heavy (non-hydrogen) atoms. The molecule has 2 aromatic carbocycles. The molecular weight excluding hydrogens is 356 g/mol. The summed E-state index contributed by atoms with van der Waals surface area (Å²) in [4.78, 5) is 21.4. The molecule has 7 heteroatoms. The molecule has 0 saturated carbocycles. The van der Waals surface area contributed by atoms with Crippen LogP contribution in [0.3, 0.4) is 0 Å². The summed E-state index contributed by atoms with van der Waals surface area (Å²) in [5.74, 6) is 0. The standard InChI is InChI=1S/C18H13ClN4OS/c1-11-14(17(24)23(22-11)13-5-3-2-4-6-13)10-20-18-21-15-8-7-12(19)9-16(15)25-18/h2-10,22H,1H3/b20-10+. The molecule has 0 aliphatic rings. The number of aryl methyl sites for hydroxylation is 1. The zero-order chi connectivity index (χ0) is 17.4. The van der Waals surface area contributed by atoms with E-state index in [9.17, 15) is 4.79 Å². The maximum absolute atomic E-state index is 12.6. The first-order valence-electron chi connectivity index (χ1n) is 7.59. The maximum atomic E-state index is 12.6. The lowest BCUT2D eigenvalue weighted by atomic mass is 10.3. The van der Waals surface area contributed by atoms with Crippen LogP contribution in [0.1, 0.15) is 11.3 Å². The van der Waals surface area contributed by atoms with Crippen molar-refractivity contribution < 1.29 is 0 Å². The number of halogens is 1. The first kappa shape index (κ1) is 15.8. The number of para-hydroxylation sites is 1. The third-order valence-electron chi connectivity index (χ3n) is 3.77. The number of fused-ring (bicyclic) bond motifs is 1. The molecule has 124 valence electrons. The minimum Gasteiger partial charge on any atom is -0.295 e. The number of rotatable bonds is 3. The van der Waals surface area contributed by atoms with Gasteiger partial charge in [0.15, 0.2) is 0 Å². The Kier molecular flexibility index (Phi) is 3.99. The Labute approximate surface area is 152 Å². The minimum atomic E-state index is -0.142. The zero-order valence-corrected chi connectivity index (χ0v) is 14.8. The fourth-order valence-corrected chi connectivity index (χ4v) is 3.62. The summed E-state index contributed by atoms with van der Waals surface area (Å²) in [5.41, 5.74) is 2.75. The first-order chi connectivity index (χ1) is 12.1. The number of hydrogen-bond donors (Lipinski definition) is 1. The van der Waals surface area contributed by atoms with Crippen LogP contribution in [0, 0.1) is 6.92 Å². The zero-order valence-electron chi connectivity index (χ0n) is 13.2. The third-order valence-corrected chi connectivity index (χ3v) is 4.94. The molecule has 0 aliphatic carbocycles. The van der Waals surface area contributed by atoms with Gasteiger partial charge in [-0.3, -0.25) is 9.89 Å². The molecule has 0 aliphatic heterocycles. The van der Waals surface area contributed by atoms with Crippen molar-refractivity contribution in [2.24, 2.45) is 4.99 Å². The first-order valence-corrected chi connectivity index (χ1v) is 8.78. The molecular formula is C18H13ClN4OS. The number of nitrogens with zero attached hydrogens (tertiary/aromatic N) is 3. The van der Waals surface area contributed by atoms with E-state index >= 15 is 0 Å². The summed E-state index contributed by atoms with van der Waals surface area (Å²) in [5, 5.41) is 4.33. The molecule has 2 aromatic heterocycles. The van der Waals surface area contributed by atoms with E-state index in [1.54, 1.807) is 12.3 Å². The van der Waals surface area contributed by atoms with Crippen molar-refractivity contribution in [2.75, 3.05) is 0 Å². The van der Waals surface area contributed by atoms with Crippen LogP contribution in [0.4, 0.5) is 5.13 Å². The van der Waals surface area contributed by atoms with Crippen LogP contribution in [-0.4, -0.2) is 21.0 Å². The second-order valence-corrected chi connectivity index (χ2v) is 6.94. The normalized spacial score (nSPS) is 11.6. The van der Waals surface area contributed by atoms with Gasteiger partial charge in [0.1, 0.15) is 0 Å². The Bertz CT molecular complexity index is 1140. The Hall–Kier alpha value is -2.70. The van der Waals surface area contributed by atoms with E-state index in [-0.39, 0.29) is 5.56 Å². The van der Waals surface area contributed by atoms with E-state index in [0.29, 0.717) is 15.7 Å². The van der Waals surface area contributed by atoms with Crippen molar-refractivity contribution in [3.63, 3.8) is 0 Å². The van der Waals surface area contributed by atoms with Gasteiger partial charge < -0.3 is 0 Å². The lowest BCUT2D eigenvalue weighted by Crippen LogP contribution is -2.17. The molecule has 4 rings (SSSR count). The van der Waals surface area contributed by atoms with Crippen molar-refractivity contribution in [1.82, 2.24) is 14.8 Å². The Morgan fingerprint density at radius 2 is 2.04 bits per heavy atom. The van der Waals surface area contributed by atoms with Crippen LogP contribution in [0.15, 0.2) is 58.3 Å². The Balaban J connectivity index is 1.71. The van der Waals surface area contributed by atoms with Gasteiger partial charge in [-0.1, -0.05) is 41.1 Å². The Morgan fingerprint density at radius 3 is 2.84 bits per heavy atom. The topological polar surface area (TPSA) is 63.0 Å². The molecule has 0 atom stereocenters. The average molecular weight is 369 g/mol. The van der Waals surface area contributed by atoms with Gasteiger partial charge in [0.2, 0.25) is 5.13 Å². The maximum Gasteiger partial charge on any atom is 0.280 e. The van der Waals surface area contributed by atoms with Gasteiger partial charge >= 0.3 is 0 Å². The second kappa shape index (κ2) is 6.31. The van der Waals surface area contributed by atoms with Crippen LogP contribution in [-0.2, 0) is 0 Å². The van der Waals surface area contributed by atoms with E-state index in [1.807, 2.05) is 49.4 Å². The molecule has 2 heterocycles.